The molecule has 0 spiro atoms. The van der Waals surface area contributed by atoms with Crippen LogP contribution in [0.15, 0.2) is 92.6 Å². The number of nitrogens with zero attached hydrogens (tertiary/aromatic N) is 3. The van der Waals surface area contributed by atoms with E-state index in [2.05, 4.69) is 20.7 Å². The molecule has 0 unspecified atom stereocenters. The lowest BCUT2D eigenvalue weighted by Crippen LogP contribution is -2.19. The Hall–Kier alpha value is -2.85. The number of carbonyl (C=O) groups is 1. The lowest BCUT2D eigenvalue weighted by atomic mass is 10.2. The largest absolute Gasteiger partial charge is 0.489 e. The molecule has 1 heterocycles. The molecule has 35 heavy (non-hydrogen) atoms. The van der Waals surface area contributed by atoms with Crippen molar-refractivity contribution in [2.75, 3.05) is 5.75 Å². The number of aromatic nitrogens is 2. The van der Waals surface area contributed by atoms with E-state index < -0.39 is 0 Å². The van der Waals surface area contributed by atoms with Crippen LogP contribution in [0.1, 0.15) is 16.7 Å². The molecule has 0 bridgehead atoms. The van der Waals surface area contributed by atoms with Crippen LogP contribution in [0.3, 0.4) is 0 Å². The number of thioether (sulfide) groups is 2. The first-order chi connectivity index (χ1) is 17.1. The van der Waals surface area contributed by atoms with Gasteiger partial charge in [0.1, 0.15) is 12.4 Å². The van der Waals surface area contributed by atoms with Crippen molar-refractivity contribution in [3.05, 3.63) is 101 Å². The number of carbonyl (C=O) groups excluding carboxylic acids is 1. The number of rotatable bonds is 11. The van der Waals surface area contributed by atoms with Crippen molar-refractivity contribution < 1.29 is 9.53 Å². The van der Waals surface area contributed by atoms with Crippen LogP contribution in [0.25, 0.3) is 0 Å². The summed E-state index contributed by atoms with van der Waals surface area (Å²) in [7, 11) is 0. The Kier molecular flexibility index (Phi) is 9.59. The van der Waals surface area contributed by atoms with E-state index in [0.717, 1.165) is 41.9 Å². The third-order valence-electron chi connectivity index (χ3n) is 4.50. The number of benzene rings is 3. The third kappa shape index (κ3) is 8.70. The molecule has 4 rings (SSSR count). The van der Waals surface area contributed by atoms with E-state index in [0.29, 0.717) is 6.61 Å². The van der Waals surface area contributed by atoms with Crippen LogP contribution in [0.2, 0.25) is 5.02 Å². The lowest BCUT2D eigenvalue weighted by Gasteiger charge is -2.06. The molecule has 0 atom stereocenters. The molecule has 0 fully saturated rings. The van der Waals surface area contributed by atoms with E-state index in [-0.39, 0.29) is 11.7 Å². The van der Waals surface area contributed by atoms with Crippen molar-refractivity contribution in [1.29, 1.82) is 0 Å². The van der Waals surface area contributed by atoms with Crippen LogP contribution in [0, 0.1) is 0 Å². The van der Waals surface area contributed by atoms with E-state index in [9.17, 15) is 4.79 Å². The van der Waals surface area contributed by atoms with Crippen LogP contribution in [0.5, 0.6) is 5.75 Å². The Labute approximate surface area is 221 Å². The van der Waals surface area contributed by atoms with Crippen molar-refractivity contribution >= 4 is 58.6 Å². The summed E-state index contributed by atoms with van der Waals surface area (Å²) in [6.07, 6.45) is 1.59. The molecule has 0 radical (unpaired) electrons. The van der Waals surface area contributed by atoms with E-state index in [1.54, 1.807) is 18.0 Å². The van der Waals surface area contributed by atoms with Crippen LogP contribution in [0.4, 0.5) is 0 Å². The molecular weight excluding hydrogens is 520 g/mol. The topological polar surface area (TPSA) is 76.5 Å². The number of nitrogens with one attached hydrogen (secondary N) is 1. The summed E-state index contributed by atoms with van der Waals surface area (Å²) < 4.78 is 7.42. The minimum absolute atomic E-state index is 0.202. The van der Waals surface area contributed by atoms with Crippen LogP contribution in [-0.4, -0.2) is 28.1 Å². The van der Waals surface area contributed by atoms with E-state index >= 15 is 0 Å². The first-order valence-electron chi connectivity index (χ1n) is 10.6. The molecule has 3 aromatic carbocycles. The van der Waals surface area contributed by atoms with Crippen molar-refractivity contribution in [3.63, 3.8) is 0 Å². The zero-order chi connectivity index (χ0) is 24.3. The number of hydrazone groups is 1. The van der Waals surface area contributed by atoms with Gasteiger partial charge in [-0.2, -0.15) is 5.10 Å². The molecule has 0 saturated heterocycles. The first kappa shape index (κ1) is 25.2. The fraction of sp³-hybridized carbons (Fsp3) is 0.120. The summed E-state index contributed by atoms with van der Waals surface area (Å²) in [6.45, 7) is 0.488. The first-order valence-corrected chi connectivity index (χ1v) is 13.7. The minimum Gasteiger partial charge on any atom is -0.489 e. The molecule has 0 aliphatic carbocycles. The molecular formula is C25H21ClN4O2S3. The standard InChI is InChI=1S/C25H21ClN4O2S3/c26-21-11-9-19(10-12-21)16-33-24-29-30-25(35-24)34-17-23(31)28-27-14-20-7-4-8-22(13-20)32-15-18-5-2-1-3-6-18/h1-14H,15-17H2,(H,28,31)/b27-14-. The molecule has 0 aliphatic heterocycles. The fourth-order valence-electron chi connectivity index (χ4n) is 2.80. The predicted molar refractivity (Wildman–Crippen MR) is 145 cm³/mol. The molecule has 0 saturated carbocycles. The van der Waals surface area contributed by atoms with E-state index in [1.165, 1.54) is 23.1 Å². The SMILES string of the molecule is O=C(CSc1nnc(SCc2ccc(Cl)cc2)s1)N/N=C\c1cccc(OCc2ccccc2)c1. The molecule has 1 N–H and O–H groups in total. The van der Waals surface area contributed by atoms with Gasteiger partial charge in [0, 0.05) is 10.8 Å². The lowest BCUT2D eigenvalue weighted by molar-refractivity contribution is -0.118. The van der Waals surface area contributed by atoms with Gasteiger partial charge in [-0.3, -0.25) is 4.79 Å². The van der Waals surface area contributed by atoms with Crippen molar-refractivity contribution in [2.24, 2.45) is 5.10 Å². The summed E-state index contributed by atoms with van der Waals surface area (Å²) in [5.74, 6) is 1.51. The zero-order valence-corrected chi connectivity index (χ0v) is 21.7. The van der Waals surface area contributed by atoms with Gasteiger partial charge in [-0.1, -0.05) is 101 Å². The average molecular weight is 541 g/mol. The molecule has 1 amide bonds. The minimum atomic E-state index is -0.215. The predicted octanol–water partition coefficient (Wildman–Crippen LogP) is 6.31. The smallest absolute Gasteiger partial charge is 0.250 e. The maximum Gasteiger partial charge on any atom is 0.250 e. The van der Waals surface area contributed by atoms with Gasteiger partial charge >= 0.3 is 0 Å². The summed E-state index contributed by atoms with van der Waals surface area (Å²) in [5.41, 5.74) is 5.63. The van der Waals surface area contributed by atoms with E-state index in [4.69, 9.17) is 16.3 Å². The van der Waals surface area contributed by atoms with Gasteiger partial charge in [-0.25, -0.2) is 5.43 Å². The summed E-state index contributed by atoms with van der Waals surface area (Å²) in [6, 6.07) is 25.2. The van der Waals surface area contributed by atoms with Crippen LogP contribution >= 0.6 is 46.5 Å². The normalized spacial score (nSPS) is 11.0. The number of amides is 1. The zero-order valence-electron chi connectivity index (χ0n) is 18.5. The maximum atomic E-state index is 12.1. The molecule has 0 aliphatic rings. The highest BCUT2D eigenvalue weighted by molar-refractivity contribution is 8.03. The van der Waals surface area contributed by atoms with Gasteiger partial charge in [-0.05, 0) is 41.0 Å². The molecule has 10 heteroatoms. The number of hydrogen-bond donors (Lipinski definition) is 1. The third-order valence-corrected chi connectivity index (χ3v) is 8.01. The fourth-order valence-corrected chi connectivity index (χ4v) is 5.70. The second-order valence-electron chi connectivity index (χ2n) is 7.18. The maximum absolute atomic E-state index is 12.1. The van der Waals surface area contributed by atoms with Crippen LogP contribution < -0.4 is 10.2 Å². The Morgan fingerprint density at radius 3 is 2.54 bits per heavy atom. The Morgan fingerprint density at radius 2 is 1.74 bits per heavy atom. The number of halogens is 1. The average Bonchev–Trinajstić information content (AvgIpc) is 3.35. The Bertz CT molecular complexity index is 1270. The highest BCUT2D eigenvalue weighted by Gasteiger charge is 2.09. The molecule has 178 valence electrons. The van der Waals surface area contributed by atoms with Gasteiger partial charge < -0.3 is 4.74 Å². The van der Waals surface area contributed by atoms with Gasteiger partial charge in [0.15, 0.2) is 8.68 Å². The highest BCUT2D eigenvalue weighted by atomic mass is 35.5. The summed E-state index contributed by atoms with van der Waals surface area (Å²) >= 11 is 10.3. The van der Waals surface area contributed by atoms with E-state index in [1.807, 2.05) is 78.9 Å². The van der Waals surface area contributed by atoms with Crippen molar-refractivity contribution in [1.82, 2.24) is 15.6 Å². The van der Waals surface area contributed by atoms with Gasteiger partial charge in [-0.15, -0.1) is 10.2 Å². The Balaban J connectivity index is 1.18. The molecule has 6 nitrogen and oxygen atoms in total. The van der Waals surface area contributed by atoms with Crippen molar-refractivity contribution in [3.8, 4) is 5.75 Å². The number of hydrogen-bond acceptors (Lipinski definition) is 8. The summed E-state index contributed by atoms with van der Waals surface area (Å²) in [4.78, 5) is 12.1. The molecule has 1 aromatic heterocycles. The second kappa shape index (κ2) is 13.3. The molecule has 4 aromatic rings. The summed E-state index contributed by atoms with van der Waals surface area (Å²) in [5, 5.41) is 13.1. The monoisotopic (exact) mass is 540 g/mol. The quantitative estimate of drug-likeness (QED) is 0.136. The Morgan fingerprint density at radius 1 is 0.971 bits per heavy atom. The highest BCUT2D eigenvalue weighted by Crippen LogP contribution is 2.30. The second-order valence-corrected chi connectivity index (χ2v) is 11.0. The number of ether oxygens (including phenoxy) is 1. The van der Waals surface area contributed by atoms with Gasteiger partial charge in [0.2, 0.25) is 0 Å². The van der Waals surface area contributed by atoms with Crippen LogP contribution in [-0.2, 0) is 17.2 Å². The van der Waals surface area contributed by atoms with Gasteiger partial charge in [0.25, 0.3) is 5.91 Å². The van der Waals surface area contributed by atoms with Crippen molar-refractivity contribution in [2.45, 2.75) is 21.0 Å². The van der Waals surface area contributed by atoms with Gasteiger partial charge in [0.05, 0.1) is 12.0 Å².